The van der Waals surface area contributed by atoms with Crippen LogP contribution in [0.2, 0.25) is 0 Å². The minimum Gasteiger partial charge on any atom is -0.460 e. The Kier molecular flexibility index (Phi) is 3.75. The van der Waals surface area contributed by atoms with Gasteiger partial charge < -0.3 is 10.1 Å². The largest absolute Gasteiger partial charge is 0.460 e. The second kappa shape index (κ2) is 5.28. The normalized spacial score (nSPS) is 21.2. The van der Waals surface area contributed by atoms with Crippen molar-refractivity contribution in [1.82, 2.24) is 5.32 Å². The van der Waals surface area contributed by atoms with Crippen LogP contribution in [0.25, 0.3) is 0 Å². The van der Waals surface area contributed by atoms with E-state index in [0.29, 0.717) is 6.61 Å². The number of carbonyl (C=O) groups excluding carboxylic acids is 1. The number of piperidine rings is 1. The fourth-order valence-corrected chi connectivity index (χ4v) is 2.32. The fourth-order valence-electron chi connectivity index (χ4n) is 1.71. The van der Waals surface area contributed by atoms with E-state index in [1.54, 1.807) is 11.3 Å². The number of thiophene rings is 1. The van der Waals surface area contributed by atoms with E-state index in [0.717, 1.165) is 30.8 Å². The molecule has 0 radical (unpaired) electrons. The molecular formula is C11H15NO2S. The zero-order valence-corrected chi connectivity index (χ0v) is 9.39. The van der Waals surface area contributed by atoms with Gasteiger partial charge in [0.15, 0.2) is 0 Å². The Hall–Kier alpha value is -0.870. The predicted octanol–water partition coefficient (Wildman–Crippen LogP) is 1.79. The molecule has 0 aliphatic carbocycles. The smallest absolute Gasteiger partial charge is 0.310 e. The molecule has 2 rings (SSSR count). The summed E-state index contributed by atoms with van der Waals surface area (Å²) in [6.45, 7) is 2.21. The second-order valence-corrected chi connectivity index (χ2v) is 4.76. The molecule has 1 aliphatic rings. The molecule has 0 bridgehead atoms. The third kappa shape index (κ3) is 3.04. The lowest BCUT2D eigenvalue weighted by Gasteiger charge is -2.20. The summed E-state index contributed by atoms with van der Waals surface area (Å²) in [4.78, 5) is 12.7. The summed E-state index contributed by atoms with van der Waals surface area (Å²) < 4.78 is 5.26. The highest BCUT2D eigenvalue weighted by atomic mass is 32.1. The maximum atomic E-state index is 11.6. The Labute approximate surface area is 93.4 Å². The van der Waals surface area contributed by atoms with E-state index in [1.165, 1.54) is 0 Å². The number of carbonyl (C=O) groups is 1. The molecule has 0 aromatic carbocycles. The van der Waals surface area contributed by atoms with Gasteiger partial charge in [0.1, 0.15) is 6.61 Å². The van der Waals surface area contributed by atoms with Crippen LogP contribution < -0.4 is 5.32 Å². The molecule has 1 N–H and O–H groups in total. The lowest BCUT2D eigenvalue weighted by molar-refractivity contribution is -0.150. The van der Waals surface area contributed by atoms with Crippen molar-refractivity contribution in [3.63, 3.8) is 0 Å². The van der Waals surface area contributed by atoms with Crippen LogP contribution in [0, 0.1) is 5.92 Å². The minimum atomic E-state index is -0.0596. The summed E-state index contributed by atoms with van der Waals surface area (Å²) in [5.41, 5.74) is 0. The highest BCUT2D eigenvalue weighted by Gasteiger charge is 2.22. The summed E-state index contributed by atoms with van der Waals surface area (Å²) >= 11 is 1.62. The highest BCUT2D eigenvalue weighted by molar-refractivity contribution is 7.09. The molecule has 1 aromatic heterocycles. The Morgan fingerprint density at radius 3 is 3.27 bits per heavy atom. The molecule has 15 heavy (non-hydrogen) atoms. The number of hydrogen-bond donors (Lipinski definition) is 1. The first-order valence-corrected chi connectivity index (χ1v) is 6.14. The zero-order valence-electron chi connectivity index (χ0n) is 8.57. The van der Waals surface area contributed by atoms with Gasteiger partial charge in [0.2, 0.25) is 0 Å². The van der Waals surface area contributed by atoms with Crippen LogP contribution in [0.15, 0.2) is 17.5 Å². The molecule has 0 amide bonds. The van der Waals surface area contributed by atoms with Crippen molar-refractivity contribution in [2.24, 2.45) is 5.92 Å². The molecule has 82 valence electrons. The first kappa shape index (κ1) is 10.6. The van der Waals surface area contributed by atoms with E-state index in [9.17, 15) is 4.79 Å². The average molecular weight is 225 g/mol. The molecule has 1 aromatic rings. The number of nitrogens with one attached hydrogen (secondary N) is 1. The molecule has 1 aliphatic heterocycles. The van der Waals surface area contributed by atoms with Gasteiger partial charge in [0.25, 0.3) is 0 Å². The SMILES string of the molecule is O=C(OCc1cccs1)[C@@H]1CCCNC1. The molecule has 0 saturated carbocycles. The monoisotopic (exact) mass is 225 g/mol. The first-order chi connectivity index (χ1) is 7.36. The van der Waals surface area contributed by atoms with E-state index in [-0.39, 0.29) is 11.9 Å². The van der Waals surface area contributed by atoms with Gasteiger partial charge in [-0.1, -0.05) is 6.07 Å². The molecule has 2 heterocycles. The van der Waals surface area contributed by atoms with Crippen LogP contribution in [0.5, 0.6) is 0 Å². The summed E-state index contributed by atoms with van der Waals surface area (Å²) in [6.07, 6.45) is 2.02. The van der Waals surface area contributed by atoms with Crippen molar-refractivity contribution >= 4 is 17.3 Å². The van der Waals surface area contributed by atoms with Gasteiger partial charge in [-0.2, -0.15) is 0 Å². The molecule has 0 unspecified atom stereocenters. The van der Waals surface area contributed by atoms with Crippen LogP contribution in [0.3, 0.4) is 0 Å². The van der Waals surface area contributed by atoms with Crippen LogP contribution in [0.4, 0.5) is 0 Å². The van der Waals surface area contributed by atoms with Gasteiger partial charge in [-0.3, -0.25) is 4.79 Å². The highest BCUT2D eigenvalue weighted by Crippen LogP contribution is 2.14. The van der Waals surface area contributed by atoms with Crippen molar-refractivity contribution in [3.8, 4) is 0 Å². The maximum Gasteiger partial charge on any atom is 0.310 e. The van der Waals surface area contributed by atoms with Crippen molar-refractivity contribution in [2.75, 3.05) is 13.1 Å². The number of esters is 1. The standard InChI is InChI=1S/C11H15NO2S/c13-11(9-3-1-5-12-7-9)14-8-10-4-2-6-15-10/h2,4,6,9,12H,1,3,5,7-8H2/t9-/m1/s1. The lowest BCUT2D eigenvalue weighted by Crippen LogP contribution is -2.35. The van der Waals surface area contributed by atoms with Crippen molar-refractivity contribution < 1.29 is 9.53 Å². The molecule has 1 atom stereocenters. The summed E-state index contributed by atoms with van der Waals surface area (Å²) in [5.74, 6) is -0.00527. The molecule has 3 nitrogen and oxygen atoms in total. The van der Waals surface area contributed by atoms with E-state index < -0.39 is 0 Å². The van der Waals surface area contributed by atoms with E-state index >= 15 is 0 Å². The first-order valence-electron chi connectivity index (χ1n) is 5.26. The zero-order chi connectivity index (χ0) is 10.5. The van der Waals surface area contributed by atoms with Crippen LogP contribution in [0.1, 0.15) is 17.7 Å². The molecular weight excluding hydrogens is 210 g/mol. The molecule has 1 fully saturated rings. The molecule has 1 saturated heterocycles. The van der Waals surface area contributed by atoms with Gasteiger partial charge in [-0.05, 0) is 30.8 Å². The van der Waals surface area contributed by atoms with Crippen LogP contribution >= 0.6 is 11.3 Å². The fraction of sp³-hybridized carbons (Fsp3) is 0.545. The Morgan fingerprint density at radius 2 is 2.60 bits per heavy atom. The van der Waals surface area contributed by atoms with Gasteiger partial charge >= 0.3 is 5.97 Å². The third-order valence-electron chi connectivity index (χ3n) is 2.57. The van der Waals surface area contributed by atoms with Crippen LogP contribution in [-0.2, 0) is 16.1 Å². The number of rotatable bonds is 3. The number of ether oxygens (including phenoxy) is 1. The van der Waals surface area contributed by atoms with Gasteiger partial charge in [0, 0.05) is 11.4 Å². The van der Waals surface area contributed by atoms with Crippen molar-refractivity contribution in [3.05, 3.63) is 22.4 Å². The van der Waals surface area contributed by atoms with Gasteiger partial charge in [-0.25, -0.2) is 0 Å². The van der Waals surface area contributed by atoms with Gasteiger partial charge in [-0.15, -0.1) is 11.3 Å². The second-order valence-electron chi connectivity index (χ2n) is 3.73. The van der Waals surface area contributed by atoms with E-state index in [4.69, 9.17) is 4.74 Å². The number of hydrogen-bond acceptors (Lipinski definition) is 4. The van der Waals surface area contributed by atoms with Crippen molar-refractivity contribution in [1.29, 1.82) is 0 Å². The minimum absolute atomic E-state index is 0.0544. The maximum absolute atomic E-state index is 11.6. The lowest BCUT2D eigenvalue weighted by atomic mass is 10.0. The Morgan fingerprint density at radius 1 is 1.67 bits per heavy atom. The Balaban J connectivity index is 1.76. The quantitative estimate of drug-likeness (QED) is 0.797. The summed E-state index contributed by atoms with van der Waals surface area (Å²) in [6, 6.07) is 3.95. The summed E-state index contributed by atoms with van der Waals surface area (Å²) in [7, 11) is 0. The molecule has 4 heteroatoms. The summed E-state index contributed by atoms with van der Waals surface area (Å²) in [5, 5.41) is 5.20. The topological polar surface area (TPSA) is 38.3 Å². The Bertz CT molecular complexity index is 304. The van der Waals surface area contributed by atoms with Crippen molar-refractivity contribution in [2.45, 2.75) is 19.4 Å². The predicted molar refractivity (Wildman–Crippen MR) is 59.7 cm³/mol. The van der Waals surface area contributed by atoms with E-state index in [1.807, 2.05) is 17.5 Å². The van der Waals surface area contributed by atoms with Crippen LogP contribution in [-0.4, -0.2) is 19.1 Å². The van der Waals surface area contributed by atoms with E-state index in [2.05, 4.69) is 5.32 Å². The third-order valence-corrected chi connectivity index (χ3v) is 3.42. The average Bonchev–Trinajstić information content (AvgIpc) is 2.80. The molecule has 0 spiro atoms. The van der Waals surface area contributed by atoms with Gasteiger partial charge in [0.05, 0.1) is 5.92 Å².